The number of rotatable bonds is 4. The second kappa shape index (κ2) is 10.0. The SMILES string of the molecule is NC1CCc2cc(C(=O)N3CCN(CC(=O)Nc4ccccc4C(F)(F)F)CC3)ccc2NC1=O. The maximum absolute atomic E-state index is 13.1. The van der Waals surface area contributed by atoms with Crippen molar-refractivity contribution in [2.24, 2.45) is 5.73 Å². The van der Waals surface area contributed by atoms with E-state index in [1.54, 1.807) is 28.0 Å². The maximum atomic E-state index is 13.1. The number of alkyl halides is 3. The molecule has 1 saturated heterocycles. The van der Waals surface area contributed by atoms with E-state index in [0.717, 1.165) is 11.6 Å². The number of aryl methyl sites for hydroxylation is 1. The van der Waals surface area contributed by atoms with Gasteiger partial charge in [-0.1, -0.05) is 12.1 Å². The molecule has 35 heavy (non-hydrogen) atoms. The molecule has 4 N–H and O–H groups in total. The first-order valence-electron chi connectivity index (χ1n) is 11.3. The topological polar surface area (TPSA) is 108 Å². The van der Waals surface area contributed by atoms with Gasteiger partial charge in [-0.05, 0) is 48.7 Å². The standard InChI is InChI=1S/C24H26F3N5O3/c25-24(26,27)17-3-1-2-4-20(17)29-21(33)14-31-9-11-32(12-10-31)23(35)16-6-8-19-15(13-16)5-7-18(28)22(34)30-19/h1-4,6,8,13,18H,5,7,9-12,14,28H2,(H,29,33)(H,30,34). The third-order valence-electron chi connectivity index (χ3n) is 6.20. The van der Waals surface area contributed by atoms with Gasteiger partial charge in [-0.3, -0.25) is 19.3 Å². The lowest BCUT2D eigenvalue weighted by molar-refractivity contribution is -0.137. The van der Waals surface area contributed by atoms with Crippen LogP contribution in [0.5, 0.6) is 0 Å². The highest BCUT2D eigenvalue weighted by Crippen LogP contribution is 2.34. The summed E-state index contributed by atoms with van der Waals surface area (Å²) in [5, 5.41) is 5.12. The monoisotopic (exact) mass is 489 g/mol. The molecule has 11 heteroatoms. The number of fused-ring (bicyclic) bond motifs is 1. The number of amides is 3. The average Bonchev–Trinajstić information content (AvgIpc) is 2.96. The van der Waals surface area contributed by atoms with Gasteiger partial charge in [-0.2, -0.15) is 13.2 Å². The summed E-state index contributed by atoms with van der Waals surface area (Å²) in [4.78, 5) is 40.8. The van der Waals surface area contributed by atoms with Crippen molar-refractivity contribution in [2.45, 2.75) is 25.1 Å². The van der Waals surface area contributed by atoms with Gasteiger partial charge in [0.25, 0.3) is 5.91 Å². The molecule has 0 spiro atoms. The van der Waals surface area contributed by atoms with Crippen LogP contribution >= 0.6 is 0 Å². The lowest BCUT2D eigenvalue weighted by Gasteiger charge is -2.34. The molecule has 0 saturated carbocycles. The van der Waals surface area contributed by atoms with Crippen molar-refractivity contribution in [1.29, 1.82) is 0 Å². The van der Waals surface area contributed by atoms with Crippen LogP contribution in [0, 0.1) is 0 Å². The molecule has 2 aliphatic rings. The summed E-state index contributed by atoms with van der Waals surface area (Å²) >= 11 is 0. The van der Waals surface area contributed by atoms with Gasteiger partial charge in [0, 0.05) is 37.4 Å². The van der Waals surface area contributed by atoms with E-state index in [9.17, 15) is 27.6 Å². The van der Waals surface area contributed by atoms with Crippen LogP contribution in [0.3, 0.4) is 0 Å². The number of hydrogen-bond donors (Lipinski definition) is 3. The number of nitrogens with one attached hydrogen (secondary N) is 2. The van der Waals surface area contributed by atoms with E-state index in [4.69, 9.17) is 5.73 Å². The van der Waals surface area contributed by atoms with E-state index in [1.807, 2.05) is 0 Å². The van der Waals surface area contributed by atoms with Gasteiger partial charge < -0.3 is 21.3 Å². The Morgan fingerprint density at radius 3 is 2.51 bits per heavy atom. The molecule has 8 nitrogen and oxygen atoms in total. The number of para-hydroxylation sites is 1. The van der Waals surface area contributed by atoms with Crippen LogP contribution in [0.15, 0.2) is 42.5 Å². The molecule has 1 atom stereocenters. The summed E-state index contributed by atoms with van der Waals surface area (Å²) in [6.45, 7) is 1.51. The number of halogens is 3. The molecular weight excluding hydrogens is 463 g/mol. The molecule has 186 valence electrons. The highest BCUT2D eigenvalue weighted by molar-refractivity contribution is 5.98. The largest absolute Gasteiger partial charge is 0.418 e. The van der Waals surface area contributed by atoms with E-state index in [0.29, 0.717) is 50.3 Å². The zero-order valence-corrected chi connectivity index (χ0v) is 18.9. The Morgan fingerprint density at radius 2 is 1.80 bits per heavy atom. The van der Waals surface area contributed by atoms with Crippen LogP contribution in [0.2, 0.25) is 0 Å². The fourth-order valence-electron chi connectivity index (χ4n) is 4.25. The smallest absolute Gasteiger partial charge is 0.336 e. The minimum absolute atomic E-state index is 0.0764. The summed E-state index contributed by atoms with van der Waals surface area (Å²) in [6.07, 6.45) is -3.50. The fourth-order valence-corrected chi connectivity index (χ4v) is 4.25. The van der Waals surface area contributed by atoms with Crippen LogP contribution in [-0.2, 0) is 22.2 Å². The summed E-state index contributed by atoms with van der Waals surface area (Å²) in [5.74, 6) is -0.951. The first-order chi connectivity index (χ1) is 16.6. The summed E-state index contributed by atoms with van der Waals surface area (Å²) < 4.78 is 39.4. The van der Waals surface area contributed by atoms with Gasteiger partial charge in [0.2, 0.25) is 11.8 Å². The van der Waals surface area contributed by atoms with Crippen molar-refractivity contribution < 1.29 is 27.6 Å². The Hall–Kier alpha value is -3.44. The highest BCUT2D eigenvalue weighted by atomic mass is 19.4. The molecule has 2 heterocycles. The maximum Gasteiger partial charge on any atom is 0.418 e. The van der Waals surface area contributed by atoms with E-state index in [2.05, 4.69) is 10.6 Å². The predicted octanol–water partition coefficient (Wildman–Crippen LogP) is 2.31. The van der Waals surface area contributed by atoms with Gasteiger partial charge in [-0.25, -0.2) is 0 Å². The van der Waals surface area contributed by atoms with Crippen molar-refractivity contribution in [3.63, 3.8) is 0 Å². The van der Waals surface area contributed by atoms with Crippen molar-refractivity contribution in [1.82, 2.24) is 9.80 Å². The Morgan fingerprint density at radius 1 is 1.09 bits per heavy atom. The van der Waals surface area contributed by atoms with Crippen LogP contribution in [-0.4, -0.2) is 66.3 Å². The predicted molar refractivity (Wildman–Crippen MR) is 124 cm³/mol. The minimum atomic E-state index is -4.57. The molecule has 0 aliphatic carbocycles. The lowest BCUT2D eigenvalue weighted by Crippen LogP contribution is -2.50. The summed E-state index contributed by atoms with van der Waals surface area (Å²) in [6, 6.07) is 9.39. The fraction of sp³-hybridized carbons (Fsp3) is 0.375. The first-order valence-corrected chi connectivity index (χ1v) is 11.3. The Balaban J connectivity index is 1.32. The molecule has 3 amide bonds. The third-order valence-corrected chi connectivity index (χ3v) is 6.20. The van der Waals surface area contributed by atoms with Gasteiger partial charge in [-0.15, -0.1) is 0 Å². The molecule has 0 aromatic heterocycles. The quantitative estimate of drug-likeness (QED) is 0.611. The average molecular weight is 489 g/mol. The lowest BCUT2D eigenvalue weighted by atomic mass is 10.0. The van der Waals surface area contributed by atoms with Gasteiger partial charge in [0.05, 0.1) is 23.8 Å². The van der Waals surface area contributed by atoms with E-state index in [1.165, 1.54) is 18.2 Å². The Bertz CT molecular complexity index is 1130. The minimum Gasteiger partial charge on any atom is -0.336 e. The third kappa shape index (κ3) is 5.80. The zero-order chi connectivity index (χ0) is 25.2. The Labute approximate surface area is 200 Å². The Kier molecular flexibility index (Phi) is 7.08. The van der Waals surface area contributed by atoms with Gasteiger partial charge in [0.1, 0.15) is 0 Å². The second-order valence-electron chi connectivity index (χ2n) is 8.67. The van der Waals surface area contributed by atoms with E-state index in [-0.39, 0.29) is 24.0 Å². The number of carbonyl (C=O) groups excluding carboxylic acids is 3. The summed E-state index contributed by atoms with van der Waals surface area (Å²) in [7, 11) is 0. The second-order valence-corrected chi connectivity index (χ2v) is 8.67. The molecule has 2 aromatic carbocycles. The van der Waals surface area contributed by atoms with Gasteiger partial charge >= 0.3 is 6.18 Å². The number of nitrogens with two attached hydrogens (primary N) is 1. The van der Waals surface area contributed by atoms with E-state index < -0.39 is 23.7 Å². The molecule has 1 fully saturated rings. The van der Waals surface area contributed by atoms with Crippen molar-refractivity contribution in [2.75, 3.05) is 43.4 Å². The van der Waals surface area contributed by atoms with Gasteiger partial charge in [0.15, 0.2) is 0 Å². The van der Waals surface area contributed by atoms with Crippen molar-refractivity contribution in [3.05, 3.63) is 59.2 Å². The molecule has 2 aliphatic heterocycles. The highest BCUT2D eigenvalue weighted by Gasteiger charge is 2.34. The number of carbonyl (C=O) groups is 3. The van der Waals surface area contributed by atoms with Crippen LogP contribution in [0.25, 0.3) is 0 Å². The summed E-state index contributed by atoms with van der Waals surface area (Å²) in [5.41, 5.74) is 6.65. The zero-order valence-electron chi connectivity index (χ0n) is 18.9. The normalized spacial score (nSPS) is 18.9. The molecule has 2 aromatic rings. The molecular formula is C24H26F3N5O3. The van der Waals surface area contributed by atoms with Crippen molar-refractivity contribution >= 4 is 29.1 Å². The number of hydrogen-bond acceptors (Lipinski definition) is 5. The van der Waals surface area contributed by atoms with Crippen LogP contribution < -0.4 is 16.4 Å². The first kappa shape index (κ1) is 24.7. The number of anilines is 2. The number of benzene rings is 2. The molecule has 0 bridgehead atoms. The van der Waals surface area contributed by atoms with Crippen LogP contribution in [0.1, 0.15) is 27.9 Å². The molecule has 1 unspecified atom stereocenters. The van der Waals surface area contributed by atoms with Crippen LogP contribution in [0.4, 0.5) is 24.5 Å². The number of piperazine rings is 1. The number of nitrogens with zero attached hydrogens (tertiary/aromatic N) is 2. The van der Waals surface area contributed by atoms with E-state index >= 15 is 0 Å². The molecule has 4 rings (SSSR count). The molecule has 0 radical (unpaired) electrons. The van der Waals surface area contributed by atoms with Crippen molar-refractivity contribution in [3.8, 4) is 0 Å².